The molecule has 0 unspecified atom stereocenters. The molecule has 1 aromatic rings. The molecule has 0 saturated carbocycles. The van der Waals surface area contributed by atoms with E-state index in [9.17, 15) is 0 Å². The predicted octanol–water partition coefficient (Wildman–Crippen LogP) is 3.27. The predicted molar refractivity (Wildman–Crippen MR) is 72.5 cm³/mol. The van der Waals surface area contributed by atoms with Crippen molar-refractivity contribution in [3.05, 3.63) is 41.4 Å². The van der Waals surface area contributed by atoms with Crippen LogP contribution >= 0.6 is 11.6 Å². The zero-order valence-electron chi connectivity index (χ0n) is 9.82. The van der Waals surface area contributed by atoms with Gasteiger partial charge in [0.05, 0.1) is 11.6 Å². The number of benzene rings is 1. The van der Waals surface area contributed by atoms with Crippen molar-refractivity contribution in [1.82, 2.24) is 0 Å². The quantitative estimate of drug-likeness (QED) is 0.814. The molecule has 2 atom stereocenters. The Morgan fingerprint density at radius 1 is 1.59 bits per heavy atom. The van der Waals surface area contributed by atoms with E-state index in [1.165, 1.54) is 17.7 Å². The third-order valence-corrected chi connectivity index (χ3v) is 4.46. The van der Waals surface area contributed by atoms with Crippen molar-refractivity contribution in [2.75, 3.05) is 11.4 Å². The molecule has 0 aliphatic carbocycles. The molecule has 1 fully saturated rings. The van der Waals surface area contributed by atoms with Crippen LogP contribution in [0.5, 0.6) is 0 Å². The van der Waals surface area contributed by atoms with E-state index in [4.69, 9.17) is 17.3 Å². The summed E-state index contributed by atoms with van der Waals surface area (Å²) >= 11 is 6.10. The Kier molecular flexibility index (Phi) is 2.46. The summed E-state index contributed by atoms with van der Waals surface area (Å²) in [7, 11) is 0. The van der Waals surface area contributed by atoms with Crippen molar-refractivity contribution in [1.29, 1.82) is 0 Å². The SMILES string of the molecule is C=CC[C@@]12CCCN1c1cc(Cl)ccc1[C@H]2N. The summed E-state index contributed by atoms with van der Waals surface area (Å²) in [6.45, 7) is 4.96. The first kappa shape index (κ1) is 11.1. The van der Waals surface area contributed by atoms with E-state index in [1.54, 1.807) is 0 Å². The van der Waals surface area contributed by atoms with Crippen LogP contribution in [0.25, 0.3) is 0 Å². The summed E-state index contributed by atoms with van der Waals surface area (Å²) in [6.07, 6.45) is 5.28. The van der Waals surface area contributed by atoms with Gasteiger partial charge in [-0.3, -0.25) is 0 Å². The largest absolute Gasteiger partial charge is 0.363 e. The van der Waals surface area contributed by atoms with Gasteiger partial charge < -0.3 is 10.6 Å². The summed E-state index contributed by atoms with van der Waals surface area (Å²) in [5.74, 6) is 0. The average Bonchev–Trinajstić information content (AvgIpc) is 2.80. The third kappa shape index (κ3) is 1.37. The molecule has 90 valence electrons. The van der Waals surface area contributed by atoms with E-state index in [-0.39, 0.29) is 11.6 Å². The second-order valence-corrected chi connectivity index (χ2v) is 5.47. The Balaban J connectivity index is 2.13. The Labute approximate surface area is 107 Å². The van der Waals surface area contributed by atoms with Crippen LogP contribution in [0.2, 0.25) is 5.02 Å². The third-order valence-electron chi connectivity index (χ3n) is 4.22. The second-order valence-electron chi connectivity index (χ2n) is 5.03. The summed E-state index contributed by atoms with van der Waals surface area (Å²) in [6, 6.07) is 6.14. The molecule has 0 radical (unpaired) electrons. The molecule has 2 aliphatic rings. The molecular weight excluding hydrogens is 232 g/mol. The highest BCUT2D eigenvalue weighted by atomic mass is 35.5. The molecular formula is C14H17ClN2. The maximum absolute atomic E-state index is 6.47. The van der Waals surface area contributed by atoms with Crippen molar-refractivity contribution in [3.63, 3.8) is 0 Å². The highest BCUT2D eigenvalue weighted by Crippen LogP contribution is 2.52. The number of anilines is 1. The lowest BCUT2D eigenvalue weighted by Gasteiger charge is -2.36. The smallest absolute Gasteiger partial charge is 0.0630 e. The van der Waals surface area contributed by atoms with Gasteiger partial charge in [0.2, 0.25) is 0 Å². The number of nitrogens with two attached hydrogens (primary N) is 1. The van der Waals surface area contributed by atoms with E-state index in [0.717, 1.165) is 24.4 Å². The standard InChI is InChI=1S/C14H17ClN2/c1-2-6-14-7-3-8-17(14)12-9-10(15)4-5-11(12)13(14)16/h2,4-5,9,13H,1,3,6-8,16H2/t13-,14+/m1/s1. The van der Waals surface area contributed by atoms with Crippen LogP contribution in [0.4, 0.5) is 5.69 Å². The highest BCUT2D eigenvalue weighted by Gasteiger charge is 2.51. The molecule has 2 nitrogen and oxygen atoms in total. The van der Waals surface area contributed by atoms with E-state index in [1.807, 2.05) is 18.2 Å². The molecule has 1 saturated heterocycles. The highest BCUT2D eigenvalue weighted by molar-refractivity contribution is 6.30. The van der Waals surface area contributed by atoms with Crippen molar-refractivity contribution in [2.24, 2.45) is 5.73 Å². The van der Waals surface area contributed by atoms with Crippen LogP contribution in [-0.2, 0) is 0 Å². The first-order valence-electron chi connectivity index (χ1n) is 6.12. The van der Waals surface area contributed by atoms with Gasteiger partial charge in [-0.1, -0.05) is 23.7 Å². The summed E-state index contributed by atoms with van der Waals surface area (Å²) < 4.78 is 0. The van der Waals surface area contributed by atoms with E-state index < -0.39 is 0 Å². The molecule has 3 heteroatoms. The fraction of sp³-hybridized carbons (Fsp3) is 0.429. The zero-order chi connectivity index (χ0) is 12.0. The minimum atomic E-state index is 0.0504. The monoisotopic (exact) mass is 248 g/mol. The van der Waals surface area contributed by atoms with E-state index in [0.29, 0.717) is 0 Å². The molecule has 0 bridgehead atoms. The van der Waals surface area contributed by atoms with Gasteiger partial charge in [0.25, 0.3) is 0 Å². The fourth-order valence-corrected chi connectivity index (χ4v) is 3.64. The van der Waals surface area contributed by atoms with Crippen LogP contribution in [0.1, 0.15) is 30.9 Å². The molecule has 2 heterocycles. The van der Waals surface area contributed by atoms with Crippen LogP contribution in [0.15, 0.2) is 30.9 Å². The van der Waals surface area contributed by atoms with Gasteiger partial charge in [-0.25, -0.2) is 0 Å². The Morgan fingerprint density at radius 2 is 2.41 bits per heavy atom. The molecule has 3 rings (SSSR count). The van der Waals surface area contributed by atoms with Gasteiger partial charge in [0.15, 0.2) is 0 Å². The molecule has 1 aromatic carbocycles. The minimum Gasteiger partial charge on any atom is -0.363 e. The number of halogens is 1. The molecule has 17 heavy (non-hydrogen) atoms. The normalized spacial score (nSPS) is 30.2. The summed E-state index contributed by atoms with van der Waals surface area (Å²) in [4.78, 5) is 2.45. The number of fused-ring (bicyclic) bond motifs is 3. The molecule has 0 spiro atoms. The Bertz CT molecular complexity index is 471. The maximum Gasteiger partial charge on any atom is 0.0630 e. The molecule has 0 aromatic heterocycles. The van der Waals surface area contributed by atoms with Crippen LogP contribution in [0, 0.1) is 0 Å². The Morgan fingerprint density at radius 3 is 3.18 bits per heavy atom. The van der Waals surface area contributed by atoms with E-state index in [2.05, 4.69) is 17.5 Å². The van der Waals surface area contributed by atoms with Gasteiger partial charge in [-0.2, -0.15) is 0 Å². The molecule has 0 amide bonds. The van der Waals surface area contributed by atoms with E-state index >= 15 is 0 Å². The van der Waals surface area contributed by atoms with Crippen LogP contribution in [0.3, 0.4) is 0 Å². The van der Waals surface area contributed by atoms with Crippen molar-refractivity contribution in [3.8, 4) is 0 Å². The van der Waals surface area contributed by atoms with Gasteiger partial charge in [-0.15, -0.1) is 6.58 Å². The fourth-order valence-electron chi connectivity index (χ4n) is 3.48. The van der Waals surface area contributed by atoms with Crippen LogP contribution in [-0.4, -0.2) is 12.1 Å². The average molecular weight is 249 g/mol. The maximum atomic E-state index is 6.47. The summed E-state index contributed by atoms with van der Waals surface area (Å²) in [5, 5.41) is 0.789. The number of hydrogen-bond acceptors (Lipinski definition) is 2. The van der Waals surface area contributed by atoms with Crippen molar-refractivity contribution >= 4 is 17.3 Å². The first-order chi connectivity index (χ1) is 8.19. The van der Waals surface area contributed by atoms with Crippen LogP contribution < -0.4 is 10.6 Å². The lowest BCUT2D eigenvalue weighted by Crippen LogP contribution is -2.46. The van der Waals surface area contributed by atoms with Gasteiger partial charge in [0, 0.05) is 17.3 Å². The molecule has 2 N–H and O–H groups in total. The second kappa shape index (κ2) is 3.76. The summed E-state index contributed by atoms with van der Waals surface area (Å²) in [5.41, 5.74) is 8.98. The topological polar surface area (TPSA) is 29.3 Å². The number of hydrogen-bond donors (Lipinski definition) is 1. The molecule has 2 aliphatic heterocycles. The van der Waals surface area contributed by atoms with Crippen molar-refractivity contribution in [2.45, 2.75) is 30.8 Å². The van der Waals surface area contributed by atoms with Gasteiger partial charge in [-0.05, 0) is 37.0 Å². The first-order valence-corrected chi connectivity index (χ1v) is 6.50. The Hall–Kier alpha value is -0.990. The lowest BCUT2D eigenvalue weighted by atomic mass is 9.84. The van der Waals surface area contributed by atoms with Gasteiger partial charge in [0.1, 0.15) is 0 Å². The zero-order valence-corrected chi connectivity index (χ0v) is 10.6. The van der Waals surface area contributed by atoms with Crippen molar-refractivity contribution < 1.29 is 0 Å². The number of nitrogens with zero attached hydrogens (tertiary/aromatic N) is 1. The lowest BCUT2D eigenvalue weighted by molar-refractivity contribution is 0.377. The van der Waals surface area contributed by atoms with Gasteiger partial charge >= 0.3 is 0 Å². The minimum absolute atomic E-state index is 0.0504. The number of rotatable bonds is 2.